The summed E-state index contributed by atoms with van der Waals surface area (Å²) >= 11 is 0. The van der Waals surface area contributed by atoms with Gasteiger partial charge in [0.15, 0.2) is 0 Å². The lowest BCUT2D eigenvalue weighted by atomic mass is 10.1. The summed E-state index contributed by atoms with van der Waals surface area (Å²) < 4.78 is 6.33. The molecule has 0 saturated carbocycles. The smallest absolute Gasteiger partial charge is 0.250 e. The molecule has 0 aromatic carbocycles. The van der Waals surface area contributed by atoms with Crippen molar-refractivity contribution in [2.45, 2.75) is 65.6 Å². The molecule has 0 N–H and O–H groups in total. The van der Waals surface area contributed by atoms with Crippen LogP contribution in [0.25, 0.3) is 0 Å². The summed E-state index contributed by atoms with van der Waals surface area (Å²) in [6.45, 7) is 19.6. The monoisotopic (exact) mass is 254 g/mol. The molecule has 0 radical (unpaired) electrons. The van der Waals surface area contributed by atoms with Crippen LogP contribution in [0.4, 0.5) is 0 Å². The fraction of sp³-hybridized carbons (Fsp3) is 0.733. The van der Waals surface area contributed by atoms with Crippen LogP contribution in [0.15, 0.2) is 24.5 Å². The first-order chi connectivity index (χ1) is 7.64. The normalized spacial score (nSPS) is 15.6. The van der Waals surface area contributed by atoms with Crippen LogP contribution >= 0.6 is 0 Å². The van der Waals surface area contributed by atoms with Gasteiger partial charge in [0, 0.05) is 6.42 Å². The molecule has 0 fully saturated rings. The van der Waals surface area contributed by atoms with Crippen LogP contribution in [0.2, 0.25) is 18.1 Å². The highest BCUT2D eigenvalue weighted by Crippen LogP contribution is 2.38. The lowest BCUT2D eigenvalue weighted by Crippen LogP contribution is -2.40. The molecule has 0 saturated heterocycles. The predicted molar refractivity (Wildman–Crippen MR) is 80.6 cm³/mol. The van der Waals surface area contributed by atoms with E-state index in [1.54, 1.807) is 0 Å². The van der Waals surface area contributed by atoms with E-state index in [4.69, 9.17) is 4.43 Å². The molecule has 0 bridgehead atoms. The van der Waals surface area contributed by atoms with E-state index in [0.717, 1.165) is 18.6 Å². The topological polar surface area (TPSA) is 9.23 Å². The first-order valence-electron chi connectivity index (χ1n) is 6.64. The molecule has 0 rings (SSSR count). The number of rotatable bonds is 6. The summed E-state index contributed by atoms with van der Waals surface area (Å²) in [7, 11) is -1.67. The summed E-state index contributed by atoms with van der Waals surface area (Å²) in [5, 5.41) is 0.267. The standard InChI is InChI=1S/C15H30OSi/c1-9-11-13(3)12-14(10-2)16-17(7,8)15(4,5)6/h9,12-13H,1,10-11H2,2-8H3/b14-12+. The molecule has 0 aliphatic rings. The molecule has 0 aromatic rings. The van der Waals surface area contributed by atoms with Gasteiger partial charge in [-0.25, -0.2) is 0 Å². The van der Waals surface area contributed by atoms with Crippen LogP contribution in [-0.2, 0) is 4.43 Å². The summed E-state index contributed by atoms with van der Waals surface area (Å²) in [5.41, 5.74) is 0. The Morgan fingerprint density at radius 3 is 2.24 bits per heavy atom. The molecule has 2 heteroatoms. The highest BCUT2D eigenvalue weighted by molar-refractivity contribution is 6.74. The van der Waals surface area contributed by atoms with E-state index < -0.39 is 8.32 Å². The molecule has 0 aliphatic carbocycles. The van der Waals surface area contributed by atoms with Crippen molar-refractivity contribution < 1.29 is 4.43 Å². The van der Waals surface area contributed by atoms with Crippen molar-refractivity contribution in [3.8, 4) is 0 Å². The zero-order valence-electron chi connectivity index (χ0n) is 12.8. The largest absolute Gasteiger partial charge is 0.547 e. The Kier molecular flexibility index (Phi) is 6.24. The van der Waals surface area contributed by atoms with E-state index in [-0.39, 0.29) is 5.04 Å². The zero-order chi connectivity index (χ0) is 13.7. The van der Waals surface area contributed by atoms with Crippen LogP contribution < -0.4 is 0 Å². The first kappa shape index (κ1) is 16.5. The van der Waals surface area contributed by atoms with Gasteiger partial charge in [-0.15, -0.1) is 6.58 Å². The molecule has 0 heterocycles. The average molecular weight is 254 g/mol. The van der Waals surface area contributed by atoms with Gasteiger partial charge in [0.25, 0.3) is 0 Å². The summed E-state index contributed by atoms with van der Waals surface area (Å²) in [4.78, 5) is 0. The van der Waals surface area contributed by atoms with E-state index in [0.29, 0.717) is 5.92 Å². The quantitative estimate of drug-likeness (QED) is 0.345. The minimum Gasteiger partial charge on any atom is -0.547 e. The van der Waals surface area contributed by atoms with Gasteiger partial charge in [0.05, 0.1) is 5.76 Å². The molecule has 1 nitrogen and oxygen atoms in total. The maximum Gasteiger partial charge on any atom is 0.250 e. The number of hydrogen-bond acceptors (Lipinski definition) is 1. The summed E-state index contributed by atoms with van der Waals surface area (Å²) in [6.07, 6.45) is 6.24. The van der Waals surface area contributed by atoms with Crippen molar-refractivity contribution in [1.29, 1.82) is 0 Å². The summed E-state index contributed by atoms with van der Waals surface area (Å²) in [6, 6.07) is 0. The average Bonchev–Trinajstić information content (AvgIpc) is 2.14. The third kappa shape index (κ3) is 5.58. The zero-order valence-corrected chi connectivity index (χ0v) is 13.8. The van der Waals surface area contributed by atoms with Gasteiger partial charge in [-0.3, -0.25) is 0 Å². The fourth-order valence-electron chi connectivity index (χ4n) is 1.35. The maximum absolute atomic E-state index is 6.33. The lowest BCUT2D eigenvalue weighted by molar-refractivity contribution is 0.365. The lowest BCUT2D eigenvalue weighted by Gasteiger charge is -2.37. The number of hydrogen-bond donors (Lipinski definition) is 0. The Bertz CT molecular complexity index is 271. The van der Waals surface area contributed by atoms with Crippen LogP contribution in [0.3, 0.4) is 0 Å². The third-order valence-corrected chi connectivity index (χ3v) is 7.93. The molecule has 0 amide bonds. The molecule has 0 spiro atoms. The minimum absolute atomic E-state index is 0.267. The van der Waals surface area contributed by atoms with Gasteiger partial charge in [-0.2, -0.15) is 0 Å². The molecule has 0 aromatic heterocycles. The second-order valence-corrected chi connectivity index (χ2v) is 11.1. The first-order valence-corrected chi connectivity index (χ1v) is 9.55. The third-order valence-electron chi connectivity index (χ3n) is 3.55. The van der Waals surface area contributed by atoms with Crippen molar-refractivity contribution in [3.05, 3.63) is 24.5 Å². The van der Waals surface area contributed by atoms with Gasteiger partial charge in [-0.05, 0) is 36.5 Å². The van der Waals surface area contributed by atoms with Gasteiger partial charge < -0.3 is 4.43 Å². The van der Waals surface area contributed by atoms with E-state index in [9.17, 15) is 0 Å². The molecular formula is C15H30OSi. The summed E-state index contributed by atoms with van der Waals surface area (Å²) in [5.74, 6) is 1.68. The van der Waals surface area contributed by atoms with Crippen LogP contribution in [0.5, 0.6) is 0 Å². The highest BCUT2D eigenvalue weighted by Gasteiger charge is 2.39. The van der Waals surface area contributed by atoms with Gasteiger partial charge in [-0.1, -0.05) is 40.7 Å². The van der Waals surface area contributed by atoms with Crippen molar-refractivity contribution >= 4 is 8.32 Å². The van der Waals surface area contributed by atoms with E-state index >= 15 is 0 Å². The van der Waals surface area contributed by atoms with Gasteiger partial charge in [0.1, 0.15) is 0 Å². The SMILES string of the molecule is C=CCC(C)/C=C(\CC)O[Si](C)(C)C(C)(C)C. The van der Waals surface area contributed by atoms with Crippen LogP contribution in [0, 0.1) is 5.92 Å². The Morgan fingerprint density at radius 1 is 1.35 bits per heavy atom. The van der Waals surface area contributed by atoms with Crippen LogP contribution in [0.1, 0.15) is 47.5 Å². The van der Waals surface area contributed by atoms with Crippen molar-refractivity contribution in [3.63, 3.8) is 0 Å². The van der Waals surface area contributed by atoms with E-state index in [2.05, 4.69) is 60.4 Å². The highest BCUT2D eigenvalue weighted by atomic mass is 28.4. The van der Waals surface area contributed by atoms with Crippen molar-refractivity contribution in [1.82, 2.24) is 0 Å². The van der Waals surface area contributed by atoms with Crippen molar-refractivity contribution in [2.75, 3.05) is 0 Å². The molecule has 0 aliphatic heterocycles. The molecule has 1 atom stereocenters. The maximum atomic E-state index is 6.33. The second-order valence-electron chi connectivity index (χ2n) is 6.35. The predicted octanol–water partition coefficient (Wildman–Crippen LogP) is 5.51. The van der Waals surface area contributed by atoms with Crippen molar-refractivity contribution in [2.24, 2.45) is 5.92 Å². The van der Waals surface area contributed by atoms with Gasteiger partial charge >= 0.3 is 0 Å². The van der Waals surface area contributed by atoms with Crippen LogP contribution in [-0.4, -0.2) is 8.32 Å². The second kappa shape index (κ2) is 6.44. The Labute approximate surface area is 109 Å². The molecule has 1 unspecified atom stereocenters. The van der Waals surface area contributed by atoms with E-state index in [1.807, 2.05) is 6.08 Å². The Morgan fingerprint density at radius 2 is 1.88 bits per heavy atom. The Hall–Kier alpha value is -0.503. The molecule has 100 valence electrons. The Balaban J connectivity index is 4.76. The molecular weight excluding hydrogens is 224 g/mol. The fourth-order valence-corrected chi connectivity index (χ4v) is 2.53. The van der Waals surface area contributed by atoms with Gasteiger partial charge in [0.2, 0.25) is 8.32 Å². The minimum atomic E-state index is -1.67. The molecule has 17 heavy (non-hydrogen) atoms. The van der Waals surface area contributed by atoms with E-state index in [1.165, 1.54) is 0 Å². The number of allylic oxidation sites excluding steroid dienone is 3.